The Kier molecular flexibility index (Phi) is 9.64. The standard InChI is InChI=1S/C30H28N4O4S/c1-3-36-27-18-23(13-14-26(27)38-16-15-37-25-12-8-7-9-21(25)2)17-24(20-31)29(35)32-30-34-33-28(39-30)19-22-10-5-4-6-11-22/h4-14,17-18H,3,15-16,19H2,1-2H3,(H,32,34,35). The molecule has 0 radical (unpaired) electrons. The minimum absolute atomic E-state index is 0.0717. The zero-order chi connectivity index (χ0) is 27.5. The second-order valence-electron chi connectivity index (χ2n) is 8.39. The van der Waals surface area contributed by atoms with Crippen LogP contribution in [-0.2, 0) is 11.2 Å². The third kappa shape index (κ3) is 7.90. The van der Waals surface area contributed by atoms with Gasteiger partial charge in [0.15, 0.2) is 11.5 Å². The Morgan fingerprint density at radius 2 is 1.69 bits per heavy atom. The summed E-state index contributed by atoms with van der Waals surface area (Å²) in [5.74, 6) is 1.31. The van der Waals surface area contributed by atoms with Gasteiger partial charge in [0, 0.05) is 6.42 Å². The van der Waals surface area contributed by atoms with Crippen molar-refractivity contribution in [3.8, 4) is 23.3 Å². The van der Waals surface area contributed by atoms with Crippen molar-refractivity contribution in [3.05, 3.63) is 100 Å². The van der Waals surface area contributed by atoms with Crippen LogP contribution in [0, 0.1) is 18.3 Å². The number of aryl methyl sites for hydroxylation is 1. The molecule has 1 N–H and O–H groups in total. The van der Waals surface area contributed by atoms with E-state index in [-0.39, 0.29) is 5.57 Å². The second-order valence-corrected chi connectivity index (χ2v) is 9.45. The number of aromatic nitrogens is 2. The van der Waals surface area contributed by atoms with Crippen LogP contribution in [0.4, 0.5) is 5.13 Å². The lowest BCUT2D eigenvalue weighted by Crippen LogP contribution is -2.13. The maximum absolute atomic E-state index is 12.8. The highest BCUT2D eigenvalue weighted by atomic mass is 32.1. The molecule has 4 aromatic rings. The van der Waals surface area contributed by atoms with Crippen molar-refractivity contribution in [2.45, 2.75) is 20.3 Å². The Hall–Kier alpha value is -4.68. The predicted molar refractivity (Wildman–Crippen MR) is 151 cm³/mol. The zero-order valence-corrected chi connectivity index (χ0v) is 22.5. The van der Waals surface area contributed by atoms with Gasteiger partial charge in [-0.2, -0.15) is 5.26 Å². The van der Waals surface area contributed by atoms with E-state index in [0.29, 0.717) is 48.4 Å². The largest absolute Gasteiger partial charge is 0.490 e. The average Bonchev–Trinajstić information content (AvgIpc) is 3.38. The summed E-state index contributed by atoms with van der Waals surface area (Å²) in [5, 5.41) is 21.6. The van der Waals surface area contributed by atoms with E-state index in [4.69, 9.17) is 14.2 Å². The molecule has 0 saturated heterocycles. The number of nitriles is 1. The maximum Gasteiger partial charge on any atom is 0.268 e. The number of hydrogen-bond acceptors (Lipinski definition) is 8. The number of carbonyl (C=O) groups excluding carboxylic acids is 1. The minimum Gasteiger partial charge on any atom is -0.490 e. The lowest BCUT2D eigenvalue weighted by Gasteiger charge is -2.14. The van der Waals surface area contributed by atoms with Crippen LogP contribution >= 0.6 is 11.3 Å². The first-order valence-corrected chi connectivity index (χ1v) is 13.2. The van der Waals surface area contributed by atoms with Crippen LogP contribution in [0.3, 0.4) is 0 Å². The normalized spacial score (nSPS) is 10.9. The van der Waals surface area contributed by atoms with Gasteiger partial charge in [0.25, 0.3) is 5.91 Å². The number of carbonyl (C=O) groups is 1. The summed E-state index contributed by atoms with van der Waals surface area (Å²) in [6.45, 7) is 4.98. The molecular formula is C30H28N4O4S. The van der Waals surface area contributed by atoms with Gasteiger partial charge in [0.1, 0.15) is 35.6 Å². The summed E-state index contributed by atoms with van der Waals surface area (Å²) >= 11 is 1.27. The highest BCUT2D eigenvalue weighted by Gasteiger charge is 2.14. The Labute approximate surface area is 231 Å². The maximum atomic E-state index is 12.8. The van der Waals surface area contributed by atoms with Crippen molar-refractivity contribution in [1.82, 2.24) is 10.2 Å². The molecule has 0 aliphatic carbocycles. The van der Waals surface area contributed by atoms with Crippen LogP contribution in [0.25, 0.3) is 6.08 Å². The van der Waals surface area contributed by atoms with E-state index < -0.39 is 5.91 Å². The first-order chi connectivity index (χ1) is 19.1. The van der Waals surface area contributed by atoms with Gasteiger partial charge in [-0.25, -0.2) is 0 Å². The van der Waals surface area contributed by atoms with Gasteiger partial charge in [-0.3, -0.25) is 10.1 Å². The van der Waals surface area contributed by atoms with E-state index in [0.717, 1.165) is 21.9 Å². The first-order valence-electron chi connectivity index (χ1n) is 12.4. The van der Waals surface area contributed by atoms with Gasteiger partial charge in [-0.1, -0.05) is 65.9 Å². The topological polar surface area (TPSA) is 106 Å². The number of nitrogens with zero attached hydrogens (tertiary/aromatic N) is 3. The molecule has 9 heteroatoms. The lowest BCUT2D eigenvalue weighted by atomic mass is 10.1. The predicted octanol–water partition coefficient (Wildman–Crippen LogP) is 5.84. The Morgan fingerprint density at radius 1 is 0.949 bits per heavy atom. The SMILES string of the molecule is CCOc1cc(C=C(C#N)C(=O)Nc2nnc(Cc3ccccc3)s2)ccc1OCCOc1ccccc1C. The fraction of sp³-hybridized carbons (Fsp3) is 0.200. The van der Waals surface area contributed by atoms with Crippen molar-refractivity contribution in [2.75, 3.05) is 25.1 Å². The average molecular weight is 541 g/mol. The lowest BCUT2D eigenvalue weighted by molar-refractivity contribution is -0.112. The summed E-state index contributed by atoms with van der Waals surface area (Å²) in [6, 6.07) is 24.9. The molecule has 0 atom stereocenters. The molecule has 1 amide bonds. The van der Waals surface area contributed by atoms with Crippen LogP contribution in [0.2, 0.25) is 0 Å². The van der Waals surface area contributed by atoms with Crippen LogP contribution < -0.4 is 19.5 Å². The minimum atomic E-state index is -0.563. The molecule has 0 fully saturated rings. The van der Waals surface area contributed by atoms with Crippen LogP contribution in [0.5, 0.6) is 17.2 Å². The molecule has 39 heavy (non-hydrogen) atoms. The molecule has 1 aromatic heterocycles. The molecule has 4 rings (SSSR count). The summed E-state index contributed by atoms with van der Waals surface area (Å²) in [5.41, 5.74) is 2.70. The number of anilines is 1. The third-order valence-electron chi connectivity index (χ3n) is 5.52. The molecule has 0 spiro atoms. The van der Waals surface area contributed by atoms with Crippen molar-refractivity contribution >= 4 is 28.5 Å². The molecule has 0 saturated carbocycles. The van der Waals surface area contributed by atoms with Crippen molar-refractivity contribution < 1.29 is 19.0 Å². The number of para-hydroxylation sites is 1. The number of rotatable bonds is 12. The Balaban J connectivity index is 1.38. The van der Waals surface area contributed by atoms with Crippen molar-refractivity contribution in [3.63, 3.8) is 0 Å². The van der Waals surface area contributed by atoms with Gasteiger partial charge in [0.2, 0.25) is 5.13 Å². The van der Waals surface area contributed by atoms with Gasteiger partial charge in [-0.05, 0) is 54.8 Å². The van der Waals surface area contributed by atoms with Crippen LogP contribution in [0.15, 0.2) is 78.4 Å². The Bertz CT molecular complexity index is 1480. The van der Waals surface area contributed by atoms with E-state index in [1.54, 1.807) is 18.2 Å². The van der Waals surface area contributed by atoms with E-state index in [9.17, 15) is 10.1 Å². The molecule has 0 aliphatic rings. The van der Waals surface area contributed by atoms with Gasteiger partial charge < -0.3 is 14.2 Å². The van der Waals surface area contributed by atoms with E-state index in [2.05, 4.69) is 15.5 Å². The van der Waals surface area contributed by atoms with Gasteiger partial charge >= 0.3 is 0 Å². The molecule has 3 aromatic carbocycles. The quantitative estimate of drug-likeness (QED) is 0.137. The Morgan fingerprint density at radius 3 is 2.44 bits per heavy atom. The summed E-state index contributed by atoms with van der Waals surface area (Å²) < 4.78 is 17.4. The monoisotopic (exact) mass is 540 g/mol. The smallest absolute Gasteiger partial charge is 0.268 e. The molecule has 198 valence electrons. The highest BCUT2D eigenvalue weighted by Crippen LogP contribution is 2.30. The number of nitrogens with one attached hydrogen (secondary N) is 1. The number of ether oxygens (including phenoxy) is 3. The zero-order valence-electron chi connectivity index (χ0n) is 21.7. The van der Waals surface area contributed by atoms with Crippen LogP contribution in [-0.4, -0.2) is 35.9 Å². The third-order valence-corrected chi connectivity index (χ3v) is 6.36. The van der Waals surface area contributed by atoms with Gasteiger partial charge in [0.05, 0.1) is 6.61 Å². The van der Waals surface area contributed by atoms with Gasteiger partial charge in [-0.15, -0.1) is 10.2 Å². The summed E-state index contributed by atoms with van der Waals surface area (Å²) in [7, 11) is 0. The van der Waals surface area contributed by atoms with Crippen molar-refractivity contribution in [2.24, 2.45) is 0 Å². The first kappa shape index (κ1) is 27.4. The van der Waals surface area contributed by atoms with E-state index >= 15 is 0 Å². The highest BCUT2D eigenvalue weighted by molar-refractivity contribution is 7.15. The van der Waals surface area contributed by atoms with E-state index in [1.165, 1.54) is 17.4 Å². The molecule has 0 unspecified atom stereocenters. The molecule has 1 heterocycles. The fourth-order valence-electron chi connectivity index (χ4n) is 3.65. The molecular weight excluding hydrogens is 512 g/mol. The number of hydrogen-bond donors (Lipinski definition) is 1. The summed E-state index contributed by atoms with van der Waals surface area (Å²) in [6.07, 6.45) is 2.11. The number of benzene rings is 3. The molecule has 8 nitrogen and oxygen atoms in total. The molecule has 0 aliphatic heterocycles. The molecule has 0 bridgehead atoms. The van der Waals surface area contributed by atoms with Crippen molar-refractivity contribution in [1.29, 1.82) is 5.26 Å². The van der Waals surface area contributed by atoms with E-state index in [1.807, 2.05) is 74.5 Å². The van der Waals surface area contributed by atoms with Crippen LogP contribution in [0.1, 0.15) is 28.6 Å². The summed E-state index contributed by atoms with van der Waals surface area (Å²) in [4.78, 5) is 12.8. The second kappa shape index (κ2) is 13.7. The fourth-order valence-corrected chi connectivity index (χ4v) is 4.42. The number of amides is 1.